The van der Waals surface area contributed by atoms with Gasteiger partial charge in [-0.15, -0.1) is 0 Å². The average Bonchev–Trinajstić information content (AvgIpc) is 2.61. The molecule has 1 saturated heterocycles. The predicted molar refractivity (Wildman–Crippen MR) is 83.4 cm³/mol. The largest absolute Gasteiger partial charge is 0.364 e. The van der Waals surface area contributed by atoms with Crippen LogP contribution in [0.25, 0.3) is 0 Å². The lowest BCUT2D eigenvalue weighted by molar-refractivity contribution is -0.118. The average molecular weight is 298 g/mol. The van der Waals surface area contributed by atoms with E-state index in [1.54, 1.807) is 17.4 Å². The molecule has 114 valence electrons. The zero-order chi connectivity index (χ0) is 15.2. The molecule has 2 aromatic rings. The van der Waals surface area contributed by atoms with Gasteiger partial charge in [-0.05, 0) is 12.1 Å². The maximum atomic E-state index is 10.7. The molecule has 0 radical (unpaired) electrons. The van der Waals surface area contributed by atoms with Crippen LogP contribution in [-0.2, 0) is 11.3 Å². The van der Waals surface area contributed by atoms with Crippen molar-refractivity contribution in [1.29, 1.82) is 0 Å². The van der Waals surface area contributed by atoms with E-state index in [9.17, 15) is 4.79 Å². The van der Waals surface area contributed by atoms with Gasteiger partial charge >= 0.3 is 0 Å². The summed E-state index contributed by atoms with van der Waals surface area (Å²) in [4.78, 5) is 27.5. The molecule has 22 heavy (non-hydrogen) atoms. The first-order valence-electron chi connectivity index (χ1n) is 7.25. The Morgan fingerprint density at radius 1 is 1.14 bits per heavy atom. The molecule has 3 heterocycles. The van der Waals surface area contributed by atoms with Crippen LogP contribution in [0.5, 0.6) is 0 Å². The van der Waals surface area contributed by atoms with E-state index in [4.69, 9.17) is 0 Å². The fourth-order valence-electron chi connectivity index (χ4n) is 2.36. The third kappa shape index (κ3) is 3.49. The summed E-state index contributed by atoms with van der Waals surface area (Å²) in [5.74, 6) is 1.65. The Morgan fingerprint density at radius 2 is 2.00 bits per heavy atom. The number of aromatic nitrogens is 3. The topological polar surface area (TPSA) is 74.2 Å². The van der Waals surface area contributed by atoms with Crippen LogP contribution >= 0.6 is 0 Å². The van der Waals surface area contributed by atoms with E-state index < -0.39 is 0 Å². The number of carbonyl (C=O) groups is 1. The first-order valence-corrected chi connectivity index (χ1v) is 7.25. The molecule has 1 fully saturated rings. The molecule has 1 aliphatic heterocycles. The molecule has 7 heteroatoms. The molecule has 3 rings (SSSR count). The maximum Gasteiger partial charge on any atom is 0.209 e. The van der Waals surface area contributed by atoms with Crippen LogP contribution in [-0.4, -0.2) is 52.4 Å². The normalized spacial score (nSPS) is 14.7. The summed E-state index contributed by atoms with van der Waals surface area (Å²) in [5.41, 5.74) is 0.960. The molecule has 0 saturated carbocycles. The monoisotopic (exact) mass is 298 g/mol. The third-order valence-electron chi connectivity index (χ3n) is 3.62. The molecule has 7 nitrogen and oxygen atoms in total. The van der Waals surface area contributed by atoms with Crippen molar-refractivity contribution in [3.8, 4) is 0 Å². The van der Waals surface area contributed by atoms with Gasteiger partial charge in [0.25, 0.3) is 0 Å². The first kappa shape index (κ1) is 14.2. The molecule has 0 spiro atoms. The minimum atomic E-state index is 0.621. The van der Waals surface area contributed by atoms with Crippen LogP contribution in [0, 0.1) is 0 Å². The number of nitrogens with one attached hydrogen (secondary N) is 1. The van der Waals surface area contributed by atoms with Gasteiger partial charge in [-0.2, -0.15) is 0 Å². The maximum absolute atomic E-state index is 10.7. The third-order valence-corrected chi connectivity index (χ3v) is 3.62. The molecule has 0 atom stereocenters. The summed E-state index contributed by atoms with van der Waals surface area (Å²) in [6, 6.07) is 7.75. The zero-order valence-corrected chi connectivity index (χ0v) is 12.2. The molecule has 0 bridgehead atoms. The van der Waals surface area contributed by atoms with Crippen molar-refractivity contribution in [1.82, 2.24) is 19.9 Å². The van der Waals surface area contributed by atoms with Crippen LogP contribution in [0.3, 0.4) is 0 Å². The molecule has 0 aromatic carbocycles. The van der Waals surface area contributed by atoms with E-state index in [1.165, 1.54) is 0 Å². The Hall–Kier alpha value is -2.70. The van der Waals surface area contributed by atoms with Crippen molar-refractivity contribution in [3.05, 3.63) is 42.5 Å². The zero-order valence-electron chi connectivity index (χ0n) is 12.2. The highest BCUT2D eigenvalue weighted by Gasteiger charge is 2.17. The highest BCUT2D eigenvalue weighted by Crippen LogP contribution is 2.16. The quantitative estimate of drug-likeness (QED) is 0.822. The Morgan fingerprint density at radius 3 is 2.73 bits per heavy atom. The van der Waals surface area contributed by atoms with Crippen molar-refractivity contribution in [2.75, 3.05) is 36.4 Å². The second kappa shape index (κ2) is 6.84. The number of piperazine rings is 1. The Bertz CT molecular complexity index is 612. The fraction of sp³-hybridized carbons (Fsp3) is 0.333. The van der Waals surface area contributed by atoms with Crippen LogP contribution in [0.1, 0.15) is 5.69 Å². The van der Waals surface area contributed by atoms with Gasteiger partial charge < -0.3 is 15.1 Å². The number of carbonyl (C=O) groups excluding carboxylic acids is 1. The summed E-state index contributed by atoms with van der Waals surface area (Å²) in [6.45, 7) is 3.65. The van der Waals surface area contributed by atoms with Crippen molar-refractivity contribution in [2.45, 2.75) is 6.54 Å². The lowest BCUT2D eigenvalue weighted by atomic mass is 10.3. The Kier molecular flexibility index (Phi) is 4.43. The van der Waals surface area contributed by atoms with E-state index in [-0.39, 0.29) is 0 Å². The summed E-state index contributed by atoms with van der Waals surface area (Å²) in [5, 5.41) is 3.25. The van der Waals surface area contributed by atoms with E-state index in [2.05, 4.69) is 25.2 Å². The summed E-state index contributed by atoms with van der Waals surface area (Å²) in [6.07, 6.45) is 4.23. The predicted octanol–water partition coefficient (Wildman–Crippen LogP) is 0.762. The van der Waals surface area contributed by atoms with Crippen LogP contribution in [0.4, 0.5) is 11.6 Å². The van der Waals surface area contributed by atoms with Gasteiger partial charge in [0.05, 0.1) is 12.2 Å². The SMILES string of the molecule is O=CN1CCN(c2cc(NCc3ccccn3)ncn2)CC1. The summed E-state index contributed by atoms with van der Waals surface area (Å²) < 4.78 is 0. The minimum absolute atomic E-state index is 0.621. The molecule has 2 aromatic heterocycles. The van der Waals surface area contributed by atoms with Crippen LogP contribution < -0.4 is 10.2 Å². The van der Waals surface area contributed by atoms with E-state index in [1.807, 2.05) is 24.3 Å². The van der Waals surface area contributed by atoms with E-state index >= 15 is 0 Å². The number of hydrogen-bond donors (Lipinski definition) is 1. The standard InChI is InChI=1S/C15H18N6O/c22-12-20-5-7-21(8-6-20)15-9-14(18-11-19-15)17-10-13-3-1-2-4-16-13/h1-4,9,11-12H,5-8,10H2,(H,17,18,19). The number of amides is 1. The van der Waals surface area contributed by atoms with Crippen molar-refractivity contribution < 1.29 is 4.79 Å². The molecular formula is C15H18N6O. The number of hydrogen-bond acceptors (Lipinski definition) is 6. The molecule has 0 aliphatic carbocycles. The second-order valence-corrected chi connectivity index (χ2v) is 5.06. The minimum Gasteiger partial charge on any atom is -0.364 e. The van der Waals surface area contributed by atoms with Gasteiger partial charge in [-0.3, -0.25) is 9.78 Å². The molecule has 1 amide bonds. The highest BCUT2D eigenvalue weighted by molar-refractivity contribution is 5.51. The fourth-order valence-corrected chi connectivity index (χ4v) is 2.36. The van der Waals surface area contributed by atoms with Crippen molar-refractivity contribution >= 4 is 18.0 Å². The van der Waals surface area contributed by atoms with Crippen LogP contribution in [0.2, 0.25) is 0 Å². The highest BCUT2D eigenvalue weighted by atomic mass is 16.1. The number of rotatable bonds is 5. The van der Waals surface area contributed by atoms with Crippen molar-refractivity contribution in [3.63, 3.8) is 0 Å². The van der Waals surface area contributed by atoms with Gasteiger partial charge in [-0.25, -0.2) is 9.97 Å². The van der Waals surface area contributed by atoms with Gasteiger partial charge in [-0.1, -0.05) is 6.07 Å². The lowest BCUT2D eigenvalue weighted by Gasteiger charge is -2.33. The number of pyridine rings is 1. The first-order chi connectivity index (χ1) is 10.8. The molecular weight excluding hydrogens is 280 g/mol. The van der Waals surface area contributed by atoms with E-state index in [0.717, 1.165) is 49.9 Å². The van der Waals surface area contributed by atoms with Gasteiger partial charge in [0, 0.05) is 38.4 Å². The summed E-state index contributed by atoms with van der Waals surface area (Å²) in [7, 11) is 0. The number of anilines is 2. The van der Waals surface area contributed by atoms with Gasteiger partial charge in [0.15, 0.2) is 0 Å². The smallest absolute Gasteiger partial charge is 0.209 e. The lowest BCUT2D eigenvalue weighted by Crippen LogP contribution is -2.46. The molecule has 1 N–H and O–H groups in total. The van der Waals surface area contributed by atoms with Crippen LogP contribution in [0.15, 0.2) is 36.8 Å². The second-order valence-electron chi connectivity index (χ2n) is 5.06. The Balaban J connectivity index is 1.61. The Labute approximate surface area is 129 Å². The van der Waals surface area contributed by atoms with E-state index in [0.29, 0.717) is 6.54 Å². The van der Waals surface area contributed by atoms with Gasteiger partial charge in [0.1, 0.15) is 18.0 Å². The summed E-state index contributed by atoms with van der Waals surface area (Å²) >= 11 is 0. The molecule has 1 aliphatic rings. The number of nitrogens with zero attached hydrogens (tertiary/aromatic N) is 5. The molecule has 0 unspecified atom stereocenters. The van der Waals surface area contributed by atoms with Crippen molar-refractivity contribution in [2.24, 2.45) is 0 Å². The van der Waals surface area contributed by atoms with Gasteiger partial charge in [0.2, 0.25) is 6.41 Å².